The first kappa shape index (κ1) is 13.4. The Morgan fingerprint density at radius 1 is 1.32 bits per heavy atom. The van der Waals surface area contributed by atoms with Gasteiger partial charge in [0.2, 0.25) is 0 Å². The van der Waals surface area contributed by atoms with Gasteiger partial charge in [-0.2, -0.15) is 0 Å². The zero-order valence-corrected chi connectivity index (χ0v) is 10.5. The molecule has 102 valence electrons. The fourth-order valence-electron chi connectivity index (χ4n) is 1.65. The molecule has 0 radical (unpaired) electrons. The summed E-state index contributed by atoms with van der Waals surface area (Å²) in [5, 5.41) is 7.57. The van der Waals surface area contributed by atoms with Gasteiger partial charge in [-0.25, -0.2) is 0 Å². The molecular formula is C11H12BF3N3O-. The second-order valence-corrected chi connectivity index (χ2v) is 4.27. The Hall–Kier alpha value is -1.99. The van der Waals surface area contributed by atoms with Crippen LogP contribution in [-0.4, -0.2) is 22.0 Å². The molecule has 0 N–H and O–H groups in total. The SMILES string of the molecule is Cc1cc([B-](F)(F)F)ccc1OCc1cn(C)nn1. The first-order chi connectivity index (χ1) is 8.86. The summed E-state index contributed by atoms with van der Waals surface area (Å²) in [7, 11) is 1.72. The molecule has 0 saturated heterocycles. The van der Waals surface area contributed by atoms with Gasteiger partial charge >= 0.3 is 6.98 Å². The summed E-state index contributed by atoms with van der Waals surface area (Å²) in [5.74, 6) is 0.412. The number of benzene rings is 1. The normalized spacial score (nSPS) is 11.6. The topological polar surface area (TPSA) is 39.9 Å². The van der Waals surface area contributed by atoms with Crippen molar-refractivity contribution in [2.75, 3.05) is 0 Å². The summed E-state index contributed by atoms with van der Waals surface area (Å²) >= 11 is 0. The highest BCUT2D eigenvalue weighted by Crippen LogP contribution is 2.19. The van der Waals surface area contributed by atoms with Crippen molar-refractivity contribution in [2.24, 2.45) is 7.05 Å². The lowest BCUT2D eigenvalue weighted by Crippen LogP contribution is -2.34. The molecule has 0 aliphatic carbocycles. The standard InChI is InChI=1S/C11H12BF3N3O/c1-8-5-9(12(13,14)15)3-4-11(8)19-7-10-6-18(2)17-16-10/h3-6H,7H2,1-2H3/q-1. The second kappa shape index (κ2) is 4.95. The van der Waals surface area contributed by atoms with Gasteiger partial charge in [0.05, 0.1) is 6.20 Å². The van der Waals surface area contributed by atoms with E-state index in [-0.39, 0.29) is 6.61 Å². The van der Waals surface area contributed by atoms with Crippen LogP contribution in [0.5, 0.6) is 5.75 Å². The van der Waals surface area contributed by atoms with E-state index in [0.29, 0.717) is 17.0 Å². The monoisotopic (exact) mass is 270 g/mol. The van der Waals surface area contributed by atoms with Crippen molar-refractivity contribution >= 4 is 12.4 Å². The Morgan fingerprint density at radius 2 is 2.05 bits per heavy atom. The zero-order valence-electron chi connectivity index (χ0n) is 10.5. The summed E-state index contributed by atoms with van der Waals surface area (Å²) in [5.41, 5.74) is 0.441. The minimum atomic E-state index is -4.98. The lowest BCUT2D eigenvalue weighted by atomic mass is 9.79. The van der Waals surface area contributed by atoms with Crippen LogP contribution in [0.15, 0.2) is 24.4 Å². The Bertz CT molecular complexity index is 583. The second-order valence-electron chi connectivity index (χ2n) is 4.27. The molecule has 2 rings (SSSR count). The van der Waals surface area contributed by atoms with E-state index in [1.54, 1.807) is 20.2 Å². The van der Waals surface area contributed by atoms with E-state index in [4.69, 9.17) is 4.74 Å². The third kappa shape index (κ3) is 3.27. The molecule has 0 bridgehead atoms. The third-order valence-electron chi connectivity index (χ3n) is 2.60. The summed E-state index contributed by atoms with van der Waals surface area (Å²) < 4.78 is 44.6. The maximum absolute atomic E-state index is 12.6. The highest BCUT2D eigenvalue weighted by atomic mass is 19.4. The van der Waals surface area contributed by atoms with Gasteiger partial charge in [0.1, 0.15) is 18.1 Å². The van der Waals surface area contributed by atoms with Gasteiger partial charge in [-0.05, 0) is 18.6 Å². The fraction of sp³-hybridized carbons (Fsp3) is 0.273. The molecular weight excluding hydrogens is 258 g/mol. The highest BCUT2D eigenvalue weighted by Gasteiger charge is 2.25. The van der Waals surface area contributed by atoms with E-state index in [9.17, 15) is 12.9 Å². The largest absolute Gasteiger partial charge is 0.509 e. The van der Waals surface area contributed by atoms with Crippen molar-refractivity contribution in [1.29, 1.82) is 0 Å². The minimum Gasteiger partial charge on any atom is -0.487 e. The molecule has 1 aromatic carbocycles. The van der Waals surface area contributed by atoms with Gasteiger partial charge in [0, 0.05) is 7.05 Å². The van der Waals surface area contributed by atoms with E-state index >= 15 is 0 Å². The summed E-state index contributed by atoms with van der Waals surface area (Å²) in [6.07, 6.45) is 1.68. The molecule has 4 nitrogen and oxygen atoms in total. The van der Waals surface area contributed by atoms with Crippen LogP contribution in [0.3, 0.4) is 0 Å². The number of rotatable bonds is 4. The Kier molecular flexibility index (Phi) is 3.50. The molecule has 0 aliphatic rings. The van der Waals surface area contributed by atoms with Gasteiger partial charge in [0.15, 0.2) is 0 Å². The summed E-state index contributed by atoms with van der Waals surface area (Å²) in [6.45, 7) is -3.22. The molecule has 0 atom stereocenters. The number of aromatic nitrogens is 3. The van der Waals surface area contributed by atoms with Crippen molar-refractivity contribution in [2.45, 2.75) is 13.5 Å². The minimum absolute atomic E-state index is 0.172. The number of nitrogens with zero attached hydrogens (tertiary/aromatic N) is 3. The molecule has 19 heavy (non-hydrogen) atoms. The first-order valence-corrected chi connectivity index (χ1v) is 5.65. The highest BCUT2D eigenvalue weighted by molar-refractivity contribution is 6.73. The smallest absolute Gasteiger partial charge is 0.487 e. The molecule has 1 aromatic heterocycles. The first-order valence-electron chi connectivity index (χ1n) is 5.65. The molecule has 0 aliphatic heterocycles. The van der Waals surface area contributed by atoms with Crippen LogP contribution in [0.25, 0.3) is 0 Å². The van der Waals surface area contributed by atoms with Crippen LogP contribution in [-0.2, 0) is 13.7 Å². The zero-order chi connectivity index (χ0) is 14.0. The molecule has 0 amide bonds. The van der Waals surface area contributed by atoms with Gasteiger partial charge in [0.25, 0.3) is 0 Å². The van der Waals surface area contributed by atoms with Gasteiger partial charge in [-0.1, -0.05) is 17.3 Å². The maximum Gasteiger partial charge on any atom is 0.509 e. The van der Waals surface area contributed by atoms with Crippen LogP contribution in [0.2, 0.25) is 0 Å². The summed E-state index contributed by atoms with van der Waals surface area (Å²) in [6, 6.07) is 3.45. The van der Waals surface area contributed by atoms with Crippen LogP contribution in [0, 0.1) is 6.92 Å². The van der Waals surface area contributed by atoms with Crippen LogP contribution in [0.4, 0.5) is 12.9 Å². The molecule has 0 unspecified atom stereocenters. The lowest BCUT2D eigenvalue weighted by Gasteiger charge is -2.17. The molecule has 0 saturated carbocycles. The fourth-order valence-corrected chi connectivity index (χ4v) is 1.65. The van der Waals surface area contributed by atoms with Crippen molar-refractivity contribution in [3.8, 4) is 5.75 Å². The average Bonchev–Trinajstić information content (AvgIpc) is 2.72. The van der Waals surface area contributed by atoms with E-state index in [1.165, 1.54) is 10.7 Å². The molecule has 8 heteroatoms. The molecule has 2 aromatic rings. The average molecular weight is 270 g/mol. The number of halogens is 3. The van der Waals surface area contributed by atoms with Crippen LogP contribution in [0.1, 0.15) is 11.3 Å². The van der Waals surface area contributed by atoms with Crippen molar-refractivity contribution in [1.82, 2.24) is 15.0 Å². The van der Waals surface area contributed by atoms with E-state index in [0.717, 1.165) is 12.1 Å². The number of aryl methyl sites for hydroxylation is 2. The lowest BCUT2D eigenvalue weighted by molar-refractivity contribution is 0.299. The molecule has 0 spiro atoms. The van der Waals surface area contributed by atoms with Crippen LogP contribution >= 0.6 is 0 Å². The Morgan fingerprint density at radius 3 is 2.58 bits per heavy atom. The number of hydrogen-bond donors (Lipinski definition) is 0. The van der Waals surface area contributed by atoms with Crippen LogP contribution < -0.4 is 10.2 Å². The Balaban J connectivity index is 2.09. The van der Waals surface area contributed by atoms with Crippen molar-refractivity contribution in [3.05, 3.63) is 35.7 Å². The number of ether oxygens (including phenoxy) is 1. The van der Waals surface area contributed by atoms with E-state index in [2.05, 4.69) is 10.3 Å². The van der Waals surface area contributed by atoms with E-state index < -0.39 is 12.4 Å². The van der Waals surface area contributed by atoms with Gasteiger partial charge in [-0.15, -0.1) is 10.6 Å². The summed E-state index contributed by atoms with van der Waals surface area (Å²) in [4.78, 5) is 0. The van der Waals surface area contributed by atoms with Gasteiger partial charge in [-0.3, -0.25) is 4.68 Å². The van der Waals surface area contributed by atoms with E-state index in [1.807, 2.05) is 0 Å². The Labute approximate surface area is 108 Å². The third-order valence-corrected chi connectivity index (χ3v) is 2.60. The van der Waals surface area contributed by atoms with Gasteiger partial charge < -0.3 is 17.7 Å². The number of hydrogen-bond acceptors (Lipinski definition) is 3. The molecule has 0 fully saturated rings. The molecule has 1 heterocycles. The predicted molar refractivity (Wildman–Crippen MR) is 65.2 cm³/mol. The quantitative estimate of drug-likeness (QED) is 0.795. The van der Waals surface area contributed by atoms with Crippen molar-refractivity contribution < 1.29 is 17.7 Å². The maximum atomic E-state index is 12.6. The van der Waals surface area contributed by atoms with Crippen molar-refractivity contribution in [3.63, 3.8) is 0 Å². The predicted octanol–water partition coefficient (Wildman–Crippen LogP) is 1.76.